The molecule has 1 atom stereocenters. The number of benzene rings is 1. The first kappa shape index (κ1) is 11.0. The maximum absolute atomic E-state index is 9.34. The van der Waals surface area contributed by atoms with E-state index in [1.54, 1.807) is 19.1 Å². The van der Waals surface area contributed by atoms with Crippen LogP contribution in [0.25, 0.3) is 0 Å². The summed E-state index contributed by atoms with van der Waals surface area (Å²) in [7, 11) is 0. The van der Waals surface area contributed by atoms with Crippen LogP contribution in [0.2, 0.25) is 5.02 Å². The molecule has 1 aromatic carbocycles. The molecule has 0 spiro atoms. The van der Waals surface area contributed by atoms with Gasteiger partial charge in [-0.05, 0) is 30.2 Å². The zero-order valence-corrected chi connectivity index (χ0v) is 9.43. The molecule has 1 unspecified atom stereocenters. The second kappa shape index (κ2) is 4.42. The molecule has 0 bridgehead atoms. The van der Waals surface area contributed by atoms with Crippen molar-refractivity contribution in [1.82, 2.24) is 0 Å². The van der Waals surface area contributed by atoms with Crippen LogP contribution in [0.15, 0.2) is 16.6 Å². The monoisotopic (exact) mass is 264 g/mol. The average molecular weight is 266 g/mol. The third-order valence-corrected chi connectivity index (χ3v) is 2.82. The van der Waals surface area contributed by atoms with Crippen molar-refractivity contribution in [3.63, 3.8) is 0 Å². The lowest BCUT2D eigenvalue weighted by atomic mass is 10.1. The lowest BCUT2D eigenvalue weighted by Crippen LogP contribution is -1.95. The number of hydrogen-bond acceptors (Lipinski definition) is 2. The molecule has 2 nitrogen and oxygen atoms in total. The highest BCUT2D eigenvalue weighted by Crippen LogP contribution is 2.29. The van der Waals surface area contributed by atoms with Crippen LogP contribution in [0.4, 0.5) is 0 Å². The van der Waals surface area contributed by atoms with Crippen LogP contribution in [-0.4, -0.2) is 10.2 Å². The van der Waals surface area contributed by atoms with E-state index in [4.69, 9.17) is 16.7 Å². The van der Waals surface area contributed by atoms with Gasteiger partial charge in [0.05, 0.1) is 12.7 Å². The van der Waals surface area contributed by atoms with Gasteiger partial charge in [0.25, 0.3) is 0 Å². The van der Waals surface area contributed by atoms with Gasteiger partial charge in [0, 0.05) is 9.50 Å². The number of rotatable bonds is 2. The summed E-state index contributed by atoms with van der Waals surface area (Å²) >= 11 is 9.15. The highest BCUT2D eigenvalue weighted by Gasteiger charge is 2.09. The fourth-order valence-electron chi connectivity index (χ4n) is 1.04. The topological polar surface area (TPSA) is 40.5 Å². The Morgan fingerprint density at radius 2 is 2.15 bits per heavy atom. The molecule has 0 aliphatic heterocycles. The van der Waals surface area contributed by atoms with Crippen LogP contribution in [-0.2, 0) is 6.61 Å². The Bertz CT molecular complexity index is 313. The quantitative estimate of drug-likeness (QED) is 0.863. The van der Waals surface area contributed by atoms with E-state index >= 15 is 0 Å². The molecular formula is C9H10BrClO2. The maximum Gasteiger partial charge on any atom is 0.0773 e. The summed E-state index contributed by atoms with van der Waals surface area (Å²) in [5, 5.41) is 18.7. The molecular weight excluding hydrogens is 255 g/mol. The van der Waals surface area contributed by atoms with Crippen molar-refractivity contribution in [1.29, 1.82) is 0 Å². The second-order valence-electron chi connectivity index (χ2n) is 2.80. The first-order chi connectivity index (χ1) is 6.06. The van der Waals surface area contributed by atoms with E-state index in [0.717, 1.165) is 10.0 Å². The molecule has 4 heteroatoms. The predicted molar refractivity (Wildman–Crippen MR) is 55.7 cm³/mol. The lowest BCUT2D eigenvalue weighted by molar-refractivity contribution is 0.198. The van der Waals surface area contributed by atoms with Crippen LogP contribution < -0.4 is 0 Å². The van der Waals surface area contributed by atoms with Crippen LogP contribution in [0, 0.1) is 0 Å². The van der Waals surface area contributed by atoms with Gasteiger partial charge >= 0.3 is 0 Å². The maximum atomic E-state index is 9.34. The number of halogens is 2. The zero-order valence-electron chi connectivity index (χ0n) is 7.09. The minimum absolute atomic E-state index is 0.0997. The van der Waals surface area contributed by atoms with Gasteiger partial charge in [0.1, 0.15) is 0 Å². The third kappa shape index (κ3) is 2.44. The van der Waals surface area contributed by atoms with Gasteiger partial charge in [-0.3, -0.25) is 0 Å². The Labute approximate surface area is 90.3 Å². The molecule has 2 N–H and O–H groups in total. The molecule has 0 radical (unpaired) electrons. The summed E-state index contributed by atoms with van der Waals surface area (Å²) in [5.41, 5.74) is 1.38. The molecule has 0 fully saturated rings. The highest BCUT2D eigenvalue weighted by molar-refractivity contribution is 9.10. The van der Waals surface area contributed by atoms with Crippen molar-refractivity contribution in [2.45, 2.75) is 19.6 Å². The summed E-state index contributed by atoms with van der Waals surface area (Å²) in [4.78, 5) is 0. The standard InChI is InChI=1S/C9H10BrClO2/c1-5(13)7-3-9(11)6(4-12)2-8(7)10/h2-3,5,12-13H,4H2,1H3. The first-order valence-electron chi connectivity index (χ1n) is 3.83. The molecule has 0 aliphatic rings. The average Bonchev–Trinajstić information content (AvgIpc) is 2.07. The van der Waals surface area contributed by atoms with Crippen LogP contribution >= 0.6 is 27.5 Å². The van der Waals surface area contributed by atoms with E-state index in [9.17, 15) is 5.11 Å². The van der Waals surface area contributed by atoms with Gasteiger partial charge < -0.3 is 10.2 Å². The van der Waals surface area contributed by atoms with E-state index in [1.165, 1.54) is 0 Å². The van der Waals surface area contributed by atoms with Crippen LogP contribution in [0.1, 0.15) is 24.2 Å². The molecule has 0 saturated heterocycles. The molecule has 1 aromatic rings. The Hall–Kier alpha value is -0.0900. The predicted octanol–water partition coefficient (Wildman–Crippen LogP) is 2.65. The normalized spacial score (nSPS) is 13.0. The van der Waals surface area contributed by atoms with Crippen LogP contribution in [0.3, 0.4) is 0 Å². The fraction of sp³-hybridized carbons (Fsp3) is 0.333. The molecule has 0 aliphatic carbocycles. The highest BCUT2D eigenvalue weighted by atomic mass is 79.9. The molecule has 0 aromatic heterocycles. The smallest absolute Gasteiger partial charge is 0.0773 e. The van der Waals surface area contributed by atoms with Gasteiger partial charge in [0.2, 0.25) is 0 Å². The second-order valence-corrected chi connectivity index (χ2v) is 4.06. The molecule has 0 heterocycles. The van der Waals surface area contributed by atoms with Gasteiger partial charge in [-0.15, -0.1) is 0 Å². The molecule has 1 rings (SSSR count). The van der Waals surface area contributed by atoms with Crippen molar-refractivity contribution >= 4 is 27.5 Å². The van der Waals surface area contributed by atoms with Gasteiger partial charge in [-0.2, -0.15) is 0 Å². The Morgan fingerprint density at radius 3 is 2.62 bits per heavy atom. The minimum Gasteiger partial charge on any atom is -0.392 e. The van der Waals surface area contributed by atoms with Crippen molar-refractivity contribution in [2.24, 2.45) is 0 Å². The third-order valence-electron chi connectivity index (χ3n) is 1.79. The SMILES string of the molecule is CC(O)c1cc(Cl)c(CO)cc1Br. The van der Waals surface area contributed by atoms with E-state index < -0.39 is 6.10 Å². The summed E-state index contributed by atoms with van der Waals surface area (Å²) in [5.74, 6) is 0. The number of aliphatic hydroxyl groups excluding tert-OH is 2. The largest absolute Gasteiger partial charge is 0.392 e. The van der Waals surface area contributed by atoms with Crippen molar-refractivity contribution in [3.8, 4) is 0 Å². The molecule has 0 saturated carbocycles. The lowest BCUT2D eigenvalue weighted by Gasteiger charge is -2.10. The summed E-state index contributed by atoms with van der Waals surface area (Å²) < 4.78 is 0.760. The summed E-state index contributed by atoms with van der Waals surface area (Å²) in [6, 6.07) is 3.37. The first-order valence-corrected chi connectivity index (χ1v) is 5.00. The molecule has 0 amide bonds. The van der Waals surface area contributed by atoms with E-state index in [-0.39, 0.29) is 6.61 Å². The van der Waals surface area contributed by atoms with Gasteiger partial charge in [-0.25, -0.2) is 0 Å². The molecule has 72 valence electrons. The van der Waals surface area contributed by atoms with E-state index in [2.05, 4.69) is 15.9 Å². The zero-order chi connectivity index (χ0) is 10.0. The Balaban J connectivity index is 3.20. The van der Waals surface area contributed by atoms with Crippen LogP contribution in [0.5, 0.6) is 0 Å². The number of hydrogen-bond donors (Lipinski definition) is 2. The van der Waals surface area contributed by atoms with Crippen molar-refractivity contribution in [3.05, 3.63) is 32.8 Å². The number of aliphatic hydroxyl groups is 2. The summed E-state index contributed by atoms with van der Waals surface area (Å²) in [6.45, 7) is 1.56. The van der Waals surface area contributed by atoms with E-state index in [0.29, 0.717) is 10.6 Å². The molecule has 13 heavy (non-hydrogen) atoms. The Morgan fingerprint density at radius 1 is 1.54 bits per heavy atom. The van der Waals surface area contributed by atoms with Crippen molar-refractivity contribution in [2.75, 3.05) is 0 Å². The fourth-order valence-corrected chi connectivity index (χ4v) is 2.00. The summed E-state index contributed by atoms with van der Waals surface area (Å²) in [6.07, 6.45) is -0.570. The minimum atomic E-state index is -0.570. The van der Waals surface area contributed by atoms with Crippen molar-refractivity contribution < 1.29 is 10.2 Å². The van der Waals surface area contributed by atoms with Gasteiger partial charge in [0.15, 0.2) is 0 Å². The van der Waals surface area contributed by atoms with Gasteiger partial charge in [-0.1, -0.05) is 27.5 Å². The Kier molecular flexibility index (Phi) is 3.74. The van der Waals surface area contributed by atoms with E-state index in [1.807, 2.05) is 0 Å².